The van der Waals surface area contributed by atoms with Gasteiger partial charge in [0.25, 0.3) is 5.79 Å². The highest BCUT2D eigenvalue weighted by Crippen LogP contribution is 2.44. The summed E-state index contributed by atoms with van der Waals surface area (Å²) >= 11 is 0. The normalized spacial score (nSPS) is 12.4. The van der Waals surface area contributed by atoms with E-state index in [0.29, 0.717) is 0 Å². The van der Waals surface area contributed by atoms with Crippen LogP contribution in [0.5, 0.6) is 11.5 Å². The summed E-state index contributed by atoms with van der Waals surface area (Å²) in [6, 6.07) is 35.5. The van der Waals surface area contributed by atoms with Crippen molar-refractivity contribution in [2.75, 3.05) is 0 Å². The molecule has 0 N–H and O–H groups in total. The Morgan fingerprint density at radius 3 is 1.76 bits per heavy atom. The van der Waals surface area contributed by atoms with Crippen molar-refractivity contribution >= 4 is 10.8 Å². The zero-order valence-corrected chi connectivity index (χ0v) is 22.6. The van der Waals surface area contributed by atoms with Gasteiger partial charge in [-0.1, -0.05) is 138 Å². The molecule has 1 atom stereocenters. The lowest BCUT2D eigenvalue weighted by molar-refractivity contribution is -0.169. The quantitative estimate of drug-likeness (QED) is 0.121. The molecule has 37 heavy (non-hydrogen) atoms. The number of hydrogen-bond donors (Lipinski definition) is 0. The molecule has 0 aromatic heterocycles. The van der Waals surface area contributed by atoms with Gasteiger partial charge in [0, 0.05) is 11.5 Å². The largest absolute Gasteiger partial charge is 0.448 e. The van der Waals surface area contributed by atoms with Crippen LogP contribution >= 0.6 is 0 Å². The van der Waals surface area contributed by atoms with E-state index in [0.717, 1.165) is 36.3 Å². The number of ether oxygens (including phenoxy) is 2. The molecule has 2 heteroatoms. The molecule has 0 aliphatic rings. The van der Waals surface area contributed by atoms with Gasteiger partial charge in [0.05, 0.1) is 0 Å². The van der Waals surface area contributed by atoms with Crippen LogP contribution in [0.25, 0.3) is 10.8 Å². The van der Waals surface area contributed by atoms with E-state index in [4.69, 9.17) is 9.47 Å². The van der Waals surface area contributed by atoms with E-state index >= 15 is 0 Å². The van der Waals surface area contributed by atoms with E-state index in [2.05, 4.69) is 56.3 Å². The summed E-state index contributed by atoms with van der Waals surface area (Å²) in [6.45, 7) is 4.55. The van der Waals surface area contributed by atoms with Crippen molar-refractivity contribution in [3.05, 3.63) is 109 Å². The molecular weight excluding hydrogens is 452 g/mol. The van der Waals surface area contributed by atoms with Crippen LogP contribution in [0.15, 0.2) is 103 Å². The minimum atomic E-state index is -0.955. The molecular formula is C35H42O2. The van der Waals surface area contributed by atoms with E-state index in [9.17, 15) is 0 Å². The van der Waals surface area contributed by atoms with Crippen LogP contribution in [-0.4, -0.2) is 0 Å². The smallest absolute Gasteiger partial charge is 0.281 e. The Balaban J connectivity index is 1.82. The highest BCUT2D eigenvalue weighted by Gasteiger charge is 2.46. The highest BCUT2D eigenvalue weighted by molar-refractivity contribution is 5.86. The Bertz CT molecular complexity index is 1140. The fourth-order valence-electron chi connectivity index (χ4n) is 5.42. The third-order valence-corrected chi connectivity index (χ3v) is 7.27. The first kappa shape index (κ1) is 26.8. The molecule has 1 unspecified atom stereocenters. The molecule has 0 bridgehead atoms. The van der Waals surface area contributed by atoms with E-state index in [-0.39, 0.29) is 5.92 Å². The van der Waals surface area contributed by atoms with Crippen molar-refractivity contribution in [2.24, 2.45) is 5.92 Å². The molecule has 0 saturated carbocycles. The summed E-state index contributed by atoms with van der Waals surface area (Å²) in [5.74, 6) is 0.893. The first-order chi connectivity index (χ1) is 18.3. The van der Waals surface area contributed by atoms with Crippen LogP contribution in [0.4, 0.5) is 0 Å². The van der Waals surface area contributed by atoms with Crippen LogP contribution in [-0.2, 0) is 5.79 Å². The molecule has 194 valence electrons. The maximum absolute atomic E-state index is 7.09. The summed E-state index contributed by atoms with van der Waals surface area (Å²) in [6.07, 6.45) is 10.8. The summed E-state index contributed by atoms with van der Waals surface area (Å²) in [5, 5.41) is 2.38. The van der Waals surface area contributed by atoms with E-state index in [1.54, 1.807) is 0 Å². The Kier molecular flexibility index (Phi) is 10.1. The van der Waals surface area contributed by atoms with E-state index in [1.165, 1.54) is 49.3 Å². The molecule has 0 heterocycles. The van der Waals surface area contributed by atoms with Crippen LogP contribution in [0.1, 0.15) is 77.2 Å². The standard InChI is InChI=1S/C35H42O2/c1-3-5-6-7-8-11-22-30(19-4-2)35(36-31-23-12-9-13-24-31,37-32-25-14-10-15-26-32)34-28-18-21-29-20-16-17-27-33(29)34/h9-10,12-18,20-21,23-28,30H,3-8,11,19,22H2,1-2H3. The third-order valence-electron chi connectivity index (χ3n) is 7.27. The van der Waals surface area contributed by atoms with Crippen LogP contribution in [0.3, 0.4) is 0 Å². The van der Waals surface area contributed by atoms with Crippen LogP contribution in [0.2, 0.25) is 0 Å². The molecule has 0 fully saturated rings. The van der Waals surface area contributed by atoms with Crippen molar-refractivity contribution in [1.29, 1.82) is 0 Å². The summed E-state index contributed by atoms with van der Waals surface area (Å²) in [5.41, 5.74) is 1.10. The SMILES string of the molecule is CCCCCCCCC(CCC)C(Oc1ccccc1)(Oc1ccccc1)c1cccc2ccccc12. The van der Waals surface area contributed by atoms with Gasteiger partial charge in [-0.25, -0.2) is 0 Å². The Morgan fingerprint density at radius 1 is 0.541 bits per heavy atom. The molecule has 4 aromatic carbocycles. The second-order valence-corrected chi connectivity index (χ2v) is 10.1. The van der Waals surface area contributed by atoms with Crippen molar-refractivity contribution in [1.82, 2.24) is 0 Å². The van der Waals surface area contributed by atoms with Crippen LogP contribution < -0.4 is 9.47 Å². The number of para-hydroxylation sites is 2. The lowest BCUT2D eigenvalue weighted by atomic mass is 9.81. The monoisotopic (exact) mass is 494 g/mol. The average Bonchev–Trinajstić information content (AvgIpc) is 2.95. The molecule has 0 saturated heterocycles. The number of benzene rings is 4. The predicted octanol–water partition coefficient (Wildman–Crippen LogP) is 10.3. The van der Waals surface area contributed by atoms with Gasteiger partial charge in [0.15, 0.2) is 0 Å². The zero-order chi connectivity index (χ0) is 25.8. The topological polar surface area (TPSA) is 18.5 Å². The maximum Gasteiger partial charge on any atom is 0.281 e. The van der Waals surface area contributed by atoms with Gasteiger partial charge in [-0.3, -0.25) is 0 Å². The number of hydrogen-bond acceptors (Lipinski definition) is 2. The van der Waals surface area contributed by atoms with Crippen molar-refractivity contribution in [3.63, 3.8) is 0 Å². The molecule has 0 aliphatic heterocycles. The minimum absolute atomic E-state index is 0.190. The second-order valence-electron chi connectivity index (χ2n) is 10.1. The minimum Gasteiger partial charge on any atom is -0.448 e. The van der Waals surface area contributed by atoms with Crippen LogP contribution in [0, 0.1) is 5.92 Å². The maximum atomic E-state index is 7.09. The molecule has 2 nitrogen and oxygen atoms in total. The number of rotatable bonds is 15. The predicted molar refractivity (Wildman–Crippen MR) is 156 cm³/mol. The summed E-state index contributed by atoms with van der Waals surface area (Å²) in [4.78, 5) is 0. The fraction of sp³-hybridized carbons (Fsp3) is 0.371. The van der Waals surface area contributed by atoms with E-state index < -0.39 is 5.79 Å². The number of fused-ring (bicyclic) bond motifs is 1. The van der Waals surface area contributed by atoms with Gasteiger partial charge in [0.1, 0.15) is 11.5 Å². The van der Waals surface area contributed by atoms with Crippen molar-refractivity contribution in [2.45, 2.75) is 77.4 Å². The van der Waals surface area contributed by atoms with Gasteiger partial charge in [-0.2, -0.15) is 0 Å². The Morgan fingerprint density at radius 2 is 1.11 bits per heavy atom. The first-order valence-electron chi connectivity index (χ1n) is 14.2. The molecule has 0 aliphatic carbocycles. The molecule has 0 radical (unpaired) electrons. The summed E-state index contributed by atoms with van der Waals surface area (Å²) in [7, 11) is 0. The van der Waals surface area contributed by atoms with Gasteiger partial charge in [-0.15, -0.1) is 0 Å². The van der Waals surface area contributed by atoms with Crippen molar-refractivity contribution < 1.29 is 9.47 Å². The molecule has 0 spiro atoms. The lowest BCUT2D eigenvalue weighted by Crippen LogP contribution is -2.47. The molecule has 4 aromatic rings. The Hall–Kier alpha value is -3.26. The molecule has 0 amide bonds. The van der Waals surface area contributed by atoms with Gasteiger partial charge in [0.2, 0.25) is 0 Å². The molecule has 4 rings (SSSR count). The number of unbranched alkanes of at least 4 members (excludes halogenated alkanes) is 5. The van der Waals surface area contributed by atoms with Crippen molar-refractivity contribution in [3.8, 4) is 11.5 Å². The van der Waals surface area contributed by atoms with Gasteiger partial charge in [-0.05, 0) is 47.9 Å². The second kappa shape index (κ2) is 13.9. The fourth-order valence-corrected chi connectivity index (χ4v) is 5.42. The third kappa shape index (κ3) is 6.95. The first-order valence-corrected chi connectivity index (χ1v) is 14.2. The Labute approximate surface area is 223 Å². The highest BCUT2D eigenvalue weighted by atomic mass is 16.7. The van der Waals surface area contributed by atoms with Gasteiger partial charge >= 0.3 is 0 Å². The van der Waals surface area contributed by atoms with Gasteiger partial charge < -0.3 is 9.47 Å². The van der Waals surface area contributed by atoms with E-state index in [1.807, 2.05) is 60.7 Å². The lowest BCUT2D eigenvalue weighted by Gasteiger charge is -2.42. The average molecular weight is 495 g/mol. The summed E-state index contributed by atoms with van der Waals surface area (Å²) < 4.78 is 14.2. The zero-order valence-electron chi connectivity index (χ0n) is 22.6.